The fourth-order valence-corrected chi connectivity index (χ4v) is 7.48. The van der Waals surface area contributed by atoms with Gasteiger partial charge in [-0.1, -0.05) is 12.1 Å². The number of nitrogens with zero attached hydrogens (tertiary/aromatic N) is 4. The van der Waals surface area contributed by atoms with Crippen molar-refractivity contribution >= 4 is 71.0 Å². The average molecular weight is 980 g/mol. The first kappa shape index (κ1) is 58.4. The molecule has 1 fully saturated rings. The number of nitrogens with one attached hydrogen (secondary N) is 5. The van der Waals surface area contributed by atoms with E-state index >= 15 is 0 Å². The van der Waals surface area contributed by atoms with E-state index in [-0.39, 0.29) is 121 Å². The molecule has 2 rings (SSSR count). The van der Waals surface area contributed by atoms with Gasteiger partial charge >= 0.3 is 23.9 Å². The first-order valence-electron chi connectivity index (χ1n) is 22.6. The number of unbranched alkanes of at least 4 members (excludes halogenated alkanes) is 2. The molecule has 2 unspecified atom stereocenters. The Morgan fingerprint density at radius 2 is 1.09 bits per heavy atom. The molecule has 0 bridgehead atoms. The van der Waals surface area contributed by atoms with Gasteiger partial charge in [-0.25, -0.2) is 4.79 Å². The lowest BCUT2D eigenvalue weighted by Gasteiger charge is -2.32. The molecule has 0 aromatic heterocycles. The number of carbonyl (C=O) groups is 10. The van der Waals surface area contributed by atoms with Crippen LogP contribution >= 0.6 is 11.8 Å². The van der Waals surface area contributed by atoms with E-state index in [1.54, 1.807) is 31.7 Å². The Labute approximate surface area is 400 Å². The van der Waals surface area contributed by atoms with Crippen LogP contribution in [0.25, 0.3) is 0 Å². The van der Waals surface area contributed by atoms with Crippen LogP contribution in [0, 0.1) is 0 Å². The van der Waals surface area contributed by atoms with E-state index in [1.165, 1.54) is 30.8 Å². The largest absolute Gasteiger partial charge is 0.480 e. The molecule has 1 heterocycles. The highest BCUT2D eigenvalue weighted by atomic mass is 32.2. The summed E-state index contributed by atoms with van der Waals surface area (Å²) in [5.41, 5.74) is 0.869. The van der Waals surface area contributed by atoms with Crippen LogP contribution in [0.15, 0.2) is 24.3 Å². The third-order valence-electron chi connectivity index (χ3n) is 10.8. The summed E-state index contributed by atoms with van der Waals surface area (Å²) in [6, 6.07) is 4.05. The molecule has 1 aromatic rings. The van der Waals surface area contributed by atoms with E-state index in [4.69, 9.17) is 0 Å². The lowest BCUT2D eigenvalue weighted by molar-refractivity contribution is -0.142. The Morgan fingerprint density at radius 3 is 1.57 bits per heavy atom. The normalized spacial score (nSPS) is 15.3. The predicted molar refractivity (Wildman–Crippen MR) is 250 cm³/mol. The molecule has 1 saturated heterocycles. The van der Waals surface area contributed by atoms with Crippen molar-refractivity contribution in [1.29, 1.82) is 0 Å². The minimum Gasteiger partial charge on any atom is -0.480 e. The second-order valence-electron chi connectivity index (χ2n) is 16.5. The van der Waals surface area contributed by atoms with Gasteiger partial charge in [0.25, 0.3) is 5.91 Å². The third-order valence-corrected chi connectivity index (χ3v) is 11.4. The number of carboxylic acids is 4. The lowest BCUT2D eigenvalue weighted by Crippen LogP contribution is -2.51. The quantitative estimate of drug-likeness (QED) is 0.0407. The summed E-state index contributed by atoms with van der Waals surface area (Å²) < 4.78 is 0. The molecular weight excluding hydrogens is 911 g/mol. The van der Waals surface area contributed by atoms with Crippen LogP contribution in [-0.4, -0.2) is 215 Å². The minimum atomic E-state index is -1.26. The highest BCUT2D eigenvalue weighted by Gasteiger charge is 2.25. The van der Waals surface area contributed by atoms with Gasteiger partial charge in [0.15, 0.2) is 0 Å². The lowest BCUT2D eigenvalue weighted by atomic mass is 10.1. The van der Waals surface area contributed by atoms with Crippen molar-refractivity contribution in [2.45, 2.75) is 76.9 Å². The molecule has 1 aromatic carbocycles. The Hall–Kier alpha value is -5.69. The molecule has 380 valence electrons. The van der Waals surface area contributed by atoms with Crippen molar-refractivity contribution in [3.63, 3.8) is 0 Å². The molecule has 0 saturated carbocycles. The standard InChI is InChI=1S/C44H69N9O14S/c1-31(54)7-3-4-9-36(55)45-15-6-5-8-35(44(66)67)48-37(56)26-47-43(65)34(14-24-68-2)49-42(64)33-12-10-32(11-13-33)25-46-38(57)27-50-16-18-51(28-39(58)59)20-22-53(30-41(62)63)23-21-52(19-17-50)29-40(60)61/h10-13,34-35H,3-9,14-30H2,1-2H3,(H,45,55)(H,46,57)(H,47,65)(H,48,56)(H,49,64)(H,58,59)(H,60,61)(H,62,63)(H,66,67). The fraction of sp³-hybridized carbons (Fsp3) is 0.636. The van der Waals surface area contributed by atoms with Crippen LogP contribution < -0.4 is 26.6 Å². The molecule has 5 amide bonds. The minimum absolute atomic E-state index is 0.0687. The number of benzene rings is 1. The molecule has 0 aliphatic carbocycles. The maximum Gasteiger partial charge on any atom is 0.326 e. The van der Waals surface area contributed by atoms with Crippen molar-refractivity contribution in [1.82, 2.24) is 46.2 Å². The van der Waals surface area contributed by atoms with Crippen LogP contribution in [0.4, 0.5) is 0 Å². The highest BCUT2D eigenvalue weighted by Crippen LogP contribution is 2.09. The molecule has 23 nitrogen and oxygen atoms in total. The monoisotopic (exact) mass is 979 g/mol. The summed E-state index contributed by atoms with van der Waals surface area (Å²) in [5.74, 6) is -6.34. The topological polar surface area (TPSA) is 325 Å². The zero-order chi connectivity index (χ0) is 50.4. The number of Topliss-reactive ketones (excluding diaryl/α,β-unsaturated/α-hetero) is 1. The van der Waals surface area contributed by atoms with Crippen molar-refractivity contribution < 1.29 is 68.4 Å². The summed E-state index contributed by atoms with van der Waals surface area (Å²) in [6.45, 7) is 2.47. The highest BCUT2D eigenvalue weighted by molar-refractivity contribution is 7.98. The van der Waals surface area contributed by atoms with Gasteiger partial charge in [0, 0.05) is 83.9 Å². The summed E-state index contributed by atoms with van der Waals surface area (Å²) in [6.07, 6.45) is 4.95. The Kier molecular flexibility index (Phi) is 28.3. The first-order chi connectivity index (χ1) is 32.3. The molecule has 0 radical (unpaired) electrons. The van der Waals surface area contributed by atoms with Crippen LogP contribution in [0.2, 0.25) is 0 Å². The van der Waals surface area contributed by atoms with Gasteiger partial charge in [-0.15, -0.1) is 0 Å². The second-order valence-corrected chi connectivity index (χ2v) is 17.5. The summed E-state index contributed by atoms with van der Waals surface area (Å²) in [5, 5.41) is 51.1. The van der Waals surface area contributed by atoms with Gasteiger partial charge < -0.3 is 51.8 Å². The van der Waals surface area contributed by atoms with Gasteiger partial charge in [0.05, 0.1) is 32.7 Å². The maximum atomic E-state index is 13.3. The van der Waals surface area contributed by atoms with E-state index in [2.05, 4.69) is 26.6 Å². The molecule has 9 N–H and O–H groups in total. The average Bonchev–Trinajstić information content (AvgIpc) is 3.27. The van der Waals surface area contributed by atoms with Crippen LogP contribution in [0.1, 0.15) is 74.2 Å². The van der Waals surface area contributed by atoms with Gasteiger partial charge in [-0.3, -0.25) is 58.0 Å². The molecule has 1 aliphatic heterocycles. The molecule has 2 atom stereocenters. The van der Waals surface area contributed by atoms with E-state index in [1.807, 2.05) is 6.26 Å². The van der Waals surface area contributed by atoms with Crippen LogP contribution in [-0.2, 0) is 49.7 Å². The number of aliphatic carboxylic acids is 4. The number of thioether (sulfide) groups is 1. The summed E-state index contributed by atoms with van der Waals surface area (Å²) in [4.78, 5) is 128. The van der Waals surface area contributed by atoms with Gasteiger partial charge in [0.1, 0.15) is 17.9 Å². The van der Waals surface area contributed by atoms with Crippen molar-refractivity contribution in [3.8, 4) is 0 Å². The molecule has 0 spiro atoms. The zero-order valence-electron chi connectivity index (χ0n) is 39.0. The SMILES string of the molecule is CSCCC(NC(=O)c1ccc(CNC(=O)CN2CCN(CC(=O)O)CCN(CC(=O)O)CCN(CC(=O)O)CC2)cc1)C(=O)NCC(=O)NC(CCCCNC(=O)CCCCC(C)=O)C(=O)O. The van der Waals surface area contributed by atoms with Gasteiger partial charge in [0.2, 0.25) is 23.6 Å². The van der Waals surface area contributed by atoms with Crippen molar-refractivity contribution in [3.05, 3.63) is 35.4 Å². The number of carbonyl (C=O) groups excluding carboxylic acids is 6. The summed E-state index contributed by atoms with van der Waals surface area (Å²) >= 11 is 1.44. The van der Waals surface area contributed by atoms with Crippen LogP contribution in [0.5, 0.6) is 0 Å². The zero-order valence-corrected chi connectivity index (χ0v) is 39.8. The number of ketones is 1. The third kappa shape index (κ3) is 26.6. The van der Waals surface area contributed by atoms with E-state index in [9.17, 15) is 68.4 Å². The van der Waals surface area contributed by atoms with Crippen LogP contribution in [0.3, 0.4) is 0 Å². The predicted octanol–water partition coefficient (Wildman–Crippen LogP) is -1.25. The second kappa shape index (κ2) is 32.9. The Bertz CT molecular complexity index is 1810. The number of carboxylic acid groups (broad SMARTS) is 4. The van der Waals surface area contributed by atoms with E-state index in [0.29, 0.717) is 56.4 Å². The number of hydrogen-bond acceptors (Lipinski definition) is 15. The summed E-state index contributed by atoms with van der Waals surface area (Å²) in [7, 11) is 0. The van der Waals surface area contributed by atoms with Crippen molar-refractivity contribution in [2.24, 2.45) is 0 Å². The fourth-order valence-electron chi connectivity index (χ4n) is 7.01. The molecule has 68 heavy (non-hydrogen) atoms. The van der Waals surface area contributed by atoms with E-state index < -0.39 is 60.2 Å². The maximum absolute atomic E-state index is 13.3. The molecule has 24 heteroatoms. The number of hydrogen-bond donors (Lipinski definition) is 9. The first-order valence-corrected chi connectivity index (χ1v) is 24.0. The Morgan fingerprint density at radius 1 is 0.574 bits per heavy atom. The van der Waals surface area contributed by atoms with Gasteiger partial charge in [-0.2, -0.15) is 11.8 Å². The molecular formula is C44H69N9O14S. The number of rotatable bonds is 30. The Balaban J connectivity index is 1.92. The van der Waals surface area contributed by atoms with Gasteiger partial charge in [-0.05, 0) is 75.2 Å². The van der Waals surface area contributed by atoms with Crippen molar-refractivity contribution in [2.75, 3.05) is 104 Å². The molecule has 1 aliphatic rings. The smallest absolute Gasteiger partial charge is 0.326 e. The van der Waals surface area contributed by atoms with E-state index in [0.717, 1.165) is 0 Å². The number of amides is 5.